The molecule has 38 heavy (non-hydrogen) atoms. The van der Waals surface area contributed by atoms with Crippen LogP contribution >= 0.6 is 0 Å². The molecule has 5 rings (SSSR count). The zero-order valence-corrected chi connectivity index (χ0v) is 21.2. The Morgan fingerprint density at radius 1 is 0.921 bits per heavy atom. The van der Waals surface area contributed by atoms with Crippen LogP contribution in [-0.2, 0) is 16.8 Å². The number of rotatable bonds is 8. The molecule has 0 radical (unpaired) electrons. The Labute approximate surface area is 220 Å². The molecule has 0 aliphatic rings. The number of aliphatic hydroxyl groups is 1. The predicted octanol–water partition coefficient (Wildman–Crippen LogP) is 6.43. The summed E-state index contributed by atoms with van der Waals surface area (Å²) in [5.41, 5.74) is 3.93. The topological polar surface area (TPSA) is 60.7 Å². The van der Waals surface area contributed by atoms with Crippen molar-refractivity contribution < 1.29 is 23.8 Å². The zero-order chi connectivity index (χ0) is 26.7. The molecule has 1 heterocycles. The summed E-state index contributed by atoms with van der Waals surface area (Å²) in [6.45, 7) is 2.14. The predicted molar refractivity (Wildman–Crippen MR) is 145 cm³/mol. The van der Waals surface area contributed by atoms with Gasteiger partial charge >= 0.3 is 5.97 Å². The van der Waals surface area contributed by atoms with Crippen molar-refractivity contribution in [3.8, 4) is 11.4 Å². The highest BCUT2D eigenvalue weighted by atomic mass is 19.1. The molecule has 4 aromatic carbocycles. The molecule has 1 aromatic heterocycles. The molecule has 0 saturated carbocycles. The largest absolute Gasteiger partial charge is 0.488 e. The zero-order valence-electron chi connectivity index (χ0n) is 21.2. The van der Waals surface area contributed by atoms with Gasteiger partial charge in [-0.1, -0.05) is 48.5 Å². The summed E-state index contributed by atoms with van der Waals surface area (Å²) in [6, 6.07) is 29.1. The maximum atomic E-state index is 13.7. The fourth-order valence-corrected chi connectivity index (χ4v) is 4.77. The van der Waals surface area contributed by atoms with Crippen LogP contribution in [-0.4, -0.2) is 29.4 Å². The van der Waals surface area contributed by atoms with Crippen molar-refractivity contribution in [2.24, 2.45) is 0 Å². The number of carbonyl (C=O) groups excluding carboxylic acids is 1. The fourth-order valence-electron chi connectivity index (χ4n) is 4.77. The molecule has 0 aliphatic heterocycles. The van der Waals surface area contributed by atoms with Crippen LogP contribution in [0.25, 0.3) is 16.6 Å². The number of halogens is 1. The monoisotopic (exact) mass is 509 g/mol. The first-order valence-corrected chi connectivity index (χ1v) is 12.3. The molecular formula is C32H28FNO4. The van der Waals surface area contributed by atoms with Gasteiger partial charge in [-0.3, -0.25) is 0 Å². The molecule has 192 valence electrons. The van der Waals surface area contributed by atoms with Gasteiger partial charge < -0.3 is 19.1 Å². The molecular weight excluding hydrogens is 481 g/mol. The second-order valence-electron chi connectivity index (χ2n) is 9.37. The standard InChI is InChI=1S/C32H28FNO4/c1-32(21-35,24-13-11-23(12-14-24)31(36)37-2)27-19-34(26-17-15-25(33)16-18-26)28-9-6-10-29(30(27)28)38-20-22-7-4-3-5-8-22/h3-19,35H,20-21H2,1-2H3. The lowest BCUT2D eigenvalue weighted by atomic mass is 9.76. The van der Waals surface area contributed by atoms with Gasteiger partial charge in [0.1, 0.15) is 18.2 Å². The number of aromatic nitrogens is 1. The lowest BCUT2D eigenvalue weighted by Crippen LogP contribution is -2.28. The lowest BCUT2D eigenvalue weighted by molar-refractivity contribution is 0.0600. The highest BCUT2D eigenvalue weighted by Gasteiger charge is 2.33. The molecule has 1 atom stereocenters. The van der Waals surface area contributed by atoms with Crippen molar-refractivity contribution in [2.45, 2.75) is 18.9 Å². The van der Waals surface area contributed by atoms with Crippen LogP contribution in [0, 0.1) is 5.82 Å². The summed E-state index contributed by atoms with van der Waals surface area (Å²) in [7, 11) is 1.34. The summed E-state index contributed by atoms with van der Waals surface area (Å²) in [5, 5.41) is 11.6. The van der Waals surface area contributed by atoms with Crippen LogP contribution in [0.5, 0.6) is 5.75 Å². The van der Waals surface area contributed by atoms with E-state index >= 15 is 0 Å². The number of benzene rings is 4. The van der Waals surface area contributed by atoms with Crippen LogP contribution in [0.15, 0.2) is 103 Å². The first kappa shape index (κ1) is 25.2. The van der Waals surface area contributed by atoms with Gasteiger partial charge in [-0.05, 0) is 72.1 Å². The van der Waals surface area contributed by atoms with Gasteiger partial charge in [0.05, 0.1) is 24.8 Å². The van der Waals surface area contributed by atoms with Gasteiger partial charge in [0.25, 0.3) is 0 Å². The second-order valence-corrected chi connectivity index (χ2v) is 9.37. The van der Waals surface area contributed by atoms with Crippen molar-refractivity contribution >= 4 is 16.9 Å². The van der Waals surface area contributed by atoms with E-state index in [0.29, 0.717) is 17.9 Å². The molecule has 1 N–H and O–H groups in total. The molecule has 5 aromatic rings. The van der Waals surface area contributed by atoms with Crippen molar-refractivity contribution in [3.05, 3.63) is 131 Å². The Balaban J connectivity index is 1.68. The number of methoxy groups -OCH3 is 1. The quantitative estimate of drug-likeness (QED) is 0.245. The molecule has 6 heteroatoms. The first-order valence-electron chi connectivity index (χ1n) is 12.3. The van der Waals surface area contributed by atoms with Crippen LogP contribution in [0.3, 0.4) is 0 Å². The summed E-state index contributed by atoms with van der Waals surface area (Å²) in [6.07, 6.45) is 1.97. The van der Waals surface area contributed by atoms with Gasteiger partial charge in [0.15, 0.2) is 0 Å². The smallest absolute Gasteiger partial charge is 0.337 e. The van der Waals surface area contributed by atoms with Crippen LogP contribution in [0.1, 0.15) is 34.0 Å². The second kappa shape index (κ2) is 10.5. The Hall–Kier alpha value is -4.42. The maximum absolute atomic E-state index is 13.7. The summed E-state index contributed by atoms with van der Waals surface area (Å²) >= 11 is 0. The number of carbonyl (C=O) groups is 1. The van der Waals surface area contributed by atoms with E-state index in [1.807, 2.05) is 78.4 Å². The van der Waals surface area contributed by atoms with E-state index in [2.05, 4.69) is 0 Å². The average molecular weight is 510 g/mol. The summed E-state index contributed by atoms with van der Waals surface area (Å²) in [5.74, 6) is -0.0666. The number of nitrogens with zero attached hydrogens (tertiary/aromatic N) is 1. The fraction of sp³-hybridized carbons (Fsp3) is 0.156. The van der Waals surface area contributed by atoms with E-state index in [4.69, 9.17) is 9.47 Å². The summed E-state index contributed by atoms with van der Waals surface area (Å²) in [4.78, 5) is 12.0. The van der Waals surface area contributed by atoms with Crippen molar-refractivity contribution in [3.63, 3.8) is 0 Å². The van der Waals surface area contributed by atoms with Crippen LogP contribution in [0.4, 0.5) is 4.39 Å². The van der Waals surface area contributed by atoms with Crippen LogP contribution in [0.2, 0.25) is 0 Å². The van der Waals surface area contributed by atoms with Crippen molar-refractivity contribution in [1.82, 2.24) is 4.57 Å². The highest BCUT2D eigenvalue weighted by Crippen LogP contribution is 2.42. The number of fused-ring (bicyclic) bond motifs is 1. The number of aliphatic hydroxyl groups excluding tert-OH is 1. The Morgan fingerprint density at radius 3 is 2.29 bits per heavy atom. The van der Waals surface area contributed by atoms with E-state index in [1.165, 1.54) is 19.2 Å². The van der Waals surface area contributed by atoms with Gasteiger partial charge in [-0.25, -0.2) is 9.18 Å². The van der Waals surface area contributed by atoms with Crippen molar-refractivity contribution in [2.75, 3.05) is 13.7 Å². The third-order valence-corrected chi connectivity index (χ3v) is 6.99. The van der Waals surface area contributed by atoms with Crippen molar-refractivity contribution in [1.29, 1.82) is 0 Å². The molecule has 0 aliphatic carbocycles. The third-order valence-electron chi connectivity index (χ3n) is 6.99. The van der Waals surface area contributed by atoms with E-state index in [1.54, 1.807) is 24.3 Å². The SMILES string of the molecule is COC(=O)c1ccc(C(C)(CO)c2cn(-c3ccc(F)cc3)c3cccc(OCc4ccccc4)c23)cc1. The van der Waals surface area contributed by atoms with Gasteiger partial charge in [0.2, 0.25) is 0 Å². The third kappa shape index (κ3) is 4.66. The number of ether oxygens (including phenoxy) is 2. The number of hydrogen-bond donors (Lipinski definition) is 1. The molecule has 0 amide bonds. The van der Waals surface area contributed by atoms with E-state index in [9.17, 15) is 14.3 Å². The summed E-state index contributed by atoms with van der Waals surface area (Å²) < 4.78 is 26.9. The van der Waals surface area contributed by atoms with Crippen LogP contribution < -0.4 is 4.74 Å². The lowest BCUT2D eigenvalue weighted by Gasteiger charge is -2.28. The Kier molecular flexibility index (Phi) is 6.99. The molecule has 1 unspecified atom stereocenters. The molecule has 0 saturated heterocycles. The highest BCUT2D eigenvalue weighted by molar-refractivity contribution is 5.93. The Morgan fingerprint density at radius 2 is 1.63 bits per heavy atom. The minimum absolute atomic E-state index is 0.194. The van der Waals surface area contributed by atoms with E-state index < -0.39 is 11.4 Å². The molecule has 0 bridgehead atoms. The number of hydrogen-bond acceptors (Lipinski definition) is 4. The number of esters is 1. The average Bonchev–Trinajstić information content (AvgIpc) is 3.37. The van der Waals surface area contributed by atoms with Gasteiger partial charge in [-0.15, -0.1) is 0 Å². The van der Waals surface area contributed by atoms with E-state index in [-0.39, 0.29) is 12.4 Å². The first-order chi connectivity index (χ1) is 18.4. The molecule has 0 spiro atoms. The maximum Gasteiger partial charge on any atom is 0.337 e. The van der Waals surface area contributed by atoms with E-state index in [0.717, 1.165) is 33.3 Å². The minimum Gasteiger partial charge on any atom is -0.488 e. The van der Waals surface area contributed by atoms with Gasteiger partial charge in [-0.2, -0.15) is 0 Å². The normalized spacial score (nSPS) is 12.7. The minimum atomic E-state index is -0.843. The Bertz CT molecular complexity index is 1560. The molecule has 0 fully saturated rings. The molecule has 5 nitrogen and oxygen atoms in total. The van der Waals surface area contributed by atoms with Gasteiger partial charge in [0, 0.05) is 22.7 Å².